The van der Waals surface area contributed by atoms with Crippen LogP contribution < -0.4 is 5.73 Å². The lowest BCUT2D eigenvalue weighted by Crippen LogP contribution is -2.44. The summed E-state index contributed by atoms with van der Waals surface area (Å²) >= 11 is 6.00. The average molecular weight is 400 g/mol. The Morgan fingerprint density at radius 1 is 1.38 bits per heavy atom. The number of carbonyl (C=O) groups is 2. The number of hydrogen-bond donors (Lipinski definition) is 2. The number of aromatic amines is 1. The van der Waals surface area contributed by atoms with Crippen molar-refractivity contribution in [2.45, 2.75) is 30.8 Å². The van der Waals surface area contributed by atoms with Crippen LogP contribution in [0.1, 0.15) is 30.3 Å². The number of sulfonamides is 1. The molecule has 0 radical (unpaired) electrons. The van der Waals surface area contributed by atoms with Gasteiger partial charge in [-0.2, -0.15) is 4.31 Å². The molecule has 1 aromatic carbocycles. The zero-order valence-electron chi connectivity index (χ0n) is 14.0. The van der Waals surface area contributed by atoms with E-state index in [0.717, 1.165) is 0 Å². The van der Waals surface area contributed by atoms with Gasteiger partial charge in [-0.25, -0.2) is 8.42 Å². The van der Waals surface area contributed by atoms with E-state index < -0.39 is 28.0 Å². The van der Waals surface area contributed by atoms with E-state index in [1.165, 1.54) is 17.3 Å². The highest BCUT2D eigenvalue weighted by molar-refractivity contribution is 7.89. The van der Waals surface area contributed by atoms with Crippen molar-refractivity contribution in [1.82, 2.24) is 9.29 Å². The molecule has 0 bridgehead atoms. The summed E-state index contributed by atoms with van der Waals surface area (Å²) in [6, 6.07) is 4.64. The molecule has 10 heteroatoms. The van der Waals surface area contributed by atoms with E-state index in [2.05, 4.69) is 4.98 Å². The van der Waals surface area contributed by atoms with Crippen molar-refractivity contribution < 1.29 is 22.7 Å². The monoisotopic (exact) mass is 399 g/mol. The van der Waals surface area contributed by atoms with Crippen LogP contribution in [0.25, 0.3) is 10.9 Å². The zero-order chi connectivity index (χ0) is 19.1. The Balaban J connectivity index is 2.09. The molecule has 0 spiro atoms. The van der Waals surface area contributed by atoms with Crippen LogP contribution in [0.4, 0.5) is 0 Å². The Labute approximate surface area is 155 Å². The largest absolute Gasteiger partial charge is 0.461 e. The van der Waals surface area contributed by atoms with E-state index in [-0.39, 0.29) is 23.7 Å². The summed E-state index contributed by atoms with van der Waals surface area (Å²) in [6.45, 7) is 1.55. The first-order valence-electron chi connectivity index (χ1n) is 7.98. The second kappa shape index (κ2) is 6.90. The van der Waals surface area contributed by atoms with Gasteiger partial charge in [0, 0.05) is 29.4 Å². The molecule has 1 fully saturated rings. The molecule has 2 aromatic rings. The zero-order valence-corrected chi connectivity index (χ0v) is 15.6. The fraction of sp³-hybridized carbons (Fsp3) is 0.375. The molecule has 1 aromatic heterocycles. The average Bonchev–Trinajstić information content (AvgIpc) is 2.94. The number of esters is 1. The van der Waals surface area contributed by atoms with Gasteiger partial charge >= 0.3 is 5.97 Å². The highest BCUT2D eigenvalue weighted by Crippen LogP contribution is 2.32. The highest BCUT2D eigenvalue weighted by atomic mass is 35.5. The number of hydrogen-bond acceptors (Lipinski definition) is 5. The van der Waals surface area contributed by atoms with Gasteiger partial charge in [0.05, 0.1) is 6.54 Å². The van der Waals surface area contributed by atoms with Gasteiger partial charge in [-0.3, -0.25) is 9.59 Å². The molecular weight excluding hydrogens is 382 g/mol. The van der Waals surface area contributed by atoms with Crippen molar-refractivity contribution in [3.05, 3.63) is 28.9 Å². The number of nitrogens with one attached hydrogen (secondary N) is 1. The number of primary amides is 1. The topological polar surface area (TPSA) is 123 Å². The van der Waals surface area contributed by atoms with Gasteiger partial charge in [0.25, 0.3) is 5.91 Å². The predicted molar refractivity (Wildman–Crippen MR) is 95.4 cm³/mol. The molecule has 1 aliphatic heterocycles. The third-order valence-corrected chi connectivity index (χ3v) is 6.42. The van der Waals surface area contributed by atoms with Crippen LogP contribution in [-0.4, -0.2) is 48.8 Å². The van der Waals surface area contributed by atoms with E-state index in [0.29, 0.717) is 28.8 Å². The van der Waals surface area contributed by atoms with Crippen molar-refractivity contribution in [2.75, 3.05) is 13.1 Å². The van der Waals surface area contributed by atoms with E-state index in [9.17, 15) is 18.0 Å². The van der Waals surface area contributed by atoms with Gasteiger partial charge in [-0.15, -0.1) is 0 Å². The first kappa shape index (κ1) is 18.7. The van der Waals surface area contributed by atoms with Crippen LogP contribution in [0.15, 0.2) is 23.1 Å². The lowest BCUT2D eigenvalue weighted by molar-refractivity contribution is -0.147. The van der Waals surface area contributed by atoms with E-state index >= 15 is 0 Å². The quantitative estimate of drug-likeness (QED) is 0.756. The number of nitrogens with two attached hydrogens (primary N) is 1. The minimum absolute atomic E-state index is 0.0212. The normalized spacial score (nSPS) is 18.8. The van der Waals surface area contributed by atoms with Crippen LogP contribution >= 0.6 is 11.6 Å². The minimum Gasteiger partial charge on any atom is -0.461 e. The molecule has 2 heterocycles. The summed E-state index contributed by atoms with van der Waals surface area (Å²) < 4.78 is 32.9. The Morgan fingerprint density at radius 2 is 2.12 bits per heavy atom. The first-order chi connectivity index (χ1) is 12.2. The molecule has 3 rings (SSSR count). The third-order valence-electron chi connectivity index (χ3n) is 4.23. The summed E-state index contributed by atoms with van der Waals surface area (Å²) in [4.78, 5) is 25.6. The lowest BCUT2D eigenvalue weighted by Gasteiger charge is -2.31. The molecule has 1 amide bonds. The number of nitrogens with zero attached hydrogens (tertiary/aromatic N) is 1. The summed E-state index contributed by atoms with van der Waals surface area (Å²) in [5.41, 5.74) is 5.62. The fourth-order valence-electron chi connectivity index (χ4n) is 3.16. The number of carbonyl (C=O) groups excluding carboxylic acids is 2. The minimum atomic E-state index is -4.06. The number of halogens is 1. The van der Waals surface area contributed by atoms with Gasteiger partial charge < -0.3 is 15.5 Å². The Morgan fingerprint density at radius 3 is 2.77 bits per heavy atom. The van der Waals surface area contributed by atoms with Gasteiger partial charge in [-0.1, -0.05) is 11.6 Å². The van der Waals surface area contributed by atoms with Crippen molar-refractivity contribution in [2.24, 2.45) is 5.73 Å². The highest BCUT2D eigenvalue weighted by Gasteiger charge is 2.36. The summed E-state index contributed by atoms with van der Waals surface area (Å²) in [6.07, 6.45) is 0.585. The second-order valence-corrected chi connectivity index (χ2v) is 8.43. The SMILES string of the molecule is CC(=O)OC1CCCN(S(=O)(=O)c2c(C(N)=O)[nH]c3ccc(Cl)cc23)C1. The molecule has 1 atom stereocenters. The Kier molecular flexibility index (Phi) is 4.96. The molecule has 1 unspecified atom stereocenters. The van der Waals surface area contributed by atoms with Gasteiger partial charge in [-0.05, 0) is 31.0 Å². The molecule has 1 saturated heterocycles. The van der Waals surface area contributed by atoms with Crippen molar-refractivity contribution in [3.8, 4) is 0 Å². The van der Waals surface area contributed by atoms with Crippen LogP contribution in [0, 0.1) is 0 Å². The van der Waals surface area contributed by atoms with Crippen molar-refractivity contribution in [1.29, 1.82) is 0 Å². The molecule has 0 saturated carbocycles. The molecule has 3 N–H and O–H groups in total. The number of rotatable bonds is 4. The number of fused-ring (bicyclic) bond motifs is 1. The van der Waals surface area contributed by atoms with Gasteiger partial charge in [0.15, 0.2) is 0 Å². The first-order valence-corrected chi connectivity index (χ1v) is 9.80. The Bertz CT molecular complexity index is 985. The maximum absolute atomic E-state index is 13.2. The van der Waals surface area contributed by atoms with E-state index in [1.54, 1.807) is 12.1 Å². The van der Waals surface area contributed by atoms with Gasteiger partial charge in [0.2, 0.25) is 10.0 Å². The van der Waals surface area contributed by atoms with Crippen molar-refractivity contribution >= 4 is 44.4 Å². The van der Waals surface area contributed by atoms with Crippen LogP contribution in [-0.2, 0) is 19.6 Å². The number of benzene rings is 1. The molecule has 8 nitrogen and oxygen atoms in total. The van der Waals surface area contributed by atoms with Crippen LogP contribution in [0.2, 0.25) is 5.02 Å². The van der Waals surface area contributed by atoms with Crippen LogP contribution in [0.5, 0.6) is 0 Å². The maximum Gasteiger partial charge on any atom is 0.302 e. The van der Waals surface area contributed by atoms with E-state index in [1.807, 2.05) is 0 Å². The molecule has 26 heavy (non-hydrogen) atoms. The number of amides is 1. The number of piperidine rings is 1. The second-order valence-electron chi connectivity index (χ2n) is 6.12. The molecule has 0 aliphatic carbocycles. The fourth-order valence-corrected chi connectivity index (χ4v) is 5.18. The molecule has 140 valence electrons. The van der Waals surface area contributed by atoms with Crippen molar-refractivity contribution in [3.63, 3.8) is 0 Å². The summed E-state index contributed by atoms with van der Waals surface area (Å²) in [7, 11) is -4.06. The predicted octanol–water partition coefficient (Wildman–Crippen LogP) is 1.64. The summed E-state index contributed by atoms with van der Waals surface area (Å²) in [5, 5.41) is 0.626. The third kappa shape index (κ3) is 3.42. The number of H-pyrrole nitrogens is 1. The van der Waals surface area contributed by atoms with Crippen LogP contribution in [0.3, 0.4) is 0 Å². The van der Waals surface area contributed by atoms with Gasteiger partial charge in [0.1, 0.15) is 16.7 Å². The Hall–Kier alpha value is -2.10. The molecular formula is C16H18ClN3O5S. The molecule has 1 aliphatic rings. The smallest absolute Gasteiger partial charge is 0.302 e. The van der Waals surface area contributed by atoms with E-state index in [4.69, 9.17) is 22.1 Å². The lowest BCUT2D eigenvalue weighted by atomic mass is 10.1. The number of ether oxygens (including phenoxy) is 1. The maximum atomic E-state index is 13.2. The summed E-state index contributed by atoms with van der Waals surface area (Å²) in [5.74, 6) is -1.35. The number of aromatic nitrogens is 1. The standard InChI is InChI=1S/C16H18ClN3O5S/c1-9(21)25-11-3-2-6-20(8-11)26(23,24)15-12-7-10(17)4-5-13(12)19-14(15)16(18)22/h4-5,7,11,19H,2-3,6,8H2,1H3,(H2,18,22).